The fraction of sp³-hybridized carbons (Fsp3) is 0.476. The molecule has 0 aliphatic carbocycles. The molecule has 0 saturated carbocycles. The molecule has 10 heteroatoms. The van der Waals surface area contributed by atoms with Gasteiger partial charge < -0.3 is 4.74 Å². The molecule has 31 heavy (non-hydrogen) atoms. The number of aromatic nitrogens is 1. The number of rotatable bonds is 11. The Labute approximate surface area is 187 Å². The van der Waals surface area contributed by atoms with Gasteiger partial charge in [-0.2, -0.15) is 4.31 Å². The van der Waals surface area contributed by atoms with Crippen LogP contribution in [0.3, 0.4) is 0 Å². The van der Waals surface area contributed by atoms with Crippen molar-refractivity contribution in [1.82, 2.24) is 9.29 Å². The number of esters is 1. The van der Waals surface area contributed by atoms with Gasteiger partial charge in [-0.3, -0.25) is 10.1 Å². The van der Waals surface area contributed by atoms with E-state index in [1.54, 1.807) is 6.92 Å². The van der Waals surface area contributed by atoms with Gasteiger partial charge in [0.25, 0.3) is 5.91 Å². The number of thiazole rings is 1. The highest BCUT2D eigenvalue weighted by atomic mass is 32.2. The van der Waals surface area contributed by atoms with Gasteiger partial charge >= 0.3 is 5.97 Å². The van der Waals surface area contributed by atoms with E-state index in [0.29, 0.717) is 29.2 Å². The smallest absolute Gasteiger partial charge is 0.350 e. The Morgan fingerprint density at radius 1 is 1.10 bits per heavy atom. The lowest BCUT2D eigenvalue weighted by molar-refractivity contribution is 0.0605. The molecule has 2 rings (SSSR count). The lowest BCUT2D eigenvalue weighted by atomic mass is 10.2. The fourth-order valence-electron chi connectivity index (χ4n) is 2.85. The number of sulfonamides is 1. The second kappa shape index (κ2) is 11.4. The standard InChI is InChI=1S/C21H29N3O5S2/c1-5-7-13-24(14-8-6-2)31(27,28)17-11-9-16(10-12-17)19(25)23-21-22-15(3)18(30-21)20(26)29-4/h9-12H,5-8,13-14H2,1-4H3,(H,22,23,25). The number of carbonyl (C=O) groups is 2. The van der Waals surface area contributed by atoms with Crippen LogP contribution in [0.25, 0.3) is 0 Å². The predicted molar refractivity (Wildman–Crippen MR) is 121 cm³/mol. The zero-order valence-electron chi connectivity index (χ0n) is 18.3. The number of carbonyl (C=O) groups excluding carboxylic acids is 2. The van der Waals surface area contributed by atoms with E-state index in [1.165, 1.54) is 35.7 Å². The molecule has 0 fully saturated rings. The minimum absolute atomic E-state index is 0.161. The molecule has 0 atom stereocenters. The average molecular weight is 468 g/mol. The van der Waals surface area contributed by atoms with Crippen LogP contribution in [0.5, 0.6) is 0 Å². The van der Waals surface area contributed by atoms with Crippen molar-refractivity contribution in [2.75, 3.05) is 25.5 Å². The third kappa shape index (κ3) is 6.34. The van der Waals surface area contributed by atoms with Crippen molar-refractivity contribution in [3.63, 3.8) is 0 Å². The lowest BCUT2D eigenvalue weighted by Crippen LogP contribution is -2.33. The van der Waals surface area contributed by atoms with Crippen molar-refractivity contribution >= 4 is 38.4 Å². The Bertz CT molecular complexity index is 993. The number of aryl methyl sites for hydroxylation is 1. The average Bonchev–Trinajstić information content (AvgIpc) is 3.13. The molecule has 1 N–H and O–H groups in total. The second-order valence-corrected chi connectivity index (χ2v) is 9.95. The van der Waals surface area contributed by atoms with Crippen molar-refractivity contribution < 1.29 is 22.7 Å². The Morgan fingerprint density at radius 2 is 1.68 bits per heavy atom. The summed E-state index contributed by atoms with van der Waals surface area (Å²) in [7, 11) is -2.34. The van der Waals surface area contributed by atoms with E-state index in [1.807, 2.05) is 13.8 Å². The highest BCUT2D eigenvalue weighted by molar-refractivity contribution is 7.89. The summed E-state index contributed by atoms with van der Waals surface area (Å²) in [6.07, 6.45) is 3.41. The molecule has 0 radical (unpaired) electrons. The van der Waals surface area contributed by atoms with Gasteiger partial charge in [0, 0.05) is 18.7 Å². The first kappa shape index (κ1) is 25.0. The molecular formula is C21H29N3O5S2. The van der Waals surface area contributed by atoms with Gasteiger partial charge in [0.15, 0.2) is 5.13 Å². The van der Waals surface area contributed by atoms with Gasteiger partial charge in [-0.05, 0) is 44.0 Å². The van der Waals surface area contributed by atoms with Crippen LogP contribution in [-0.2, 0) is 14.8 Å². The zero-order chi connectivity index (χ0) is 23.0. The minimum Gasteiger partial charge on any atom is -0.465 e. The summed E-state index contributed by atoms with van der Waals surface area (Å²) in [5.74, 6) is -0.955. The minimum atomic E-state index is -3.62. The van der Waals surface area contributed by atoms with Gasteiger partial charge in [0.2, 0.25) is 10.0 Å². The number of methoxy groups -OCH3 is 1. The topological polar surface area (TPSA) is 106 Å². The van der Waals surface area contributed by atoms with E-state index >= 15 is 0 Å². The molecule has 0 unspecified atom stereocenters. The molecule has 0 saturated heterocycles. The normalized spacial score (nSPS) is 11.5. The number of hydrogen-bond acceptors (Lipinski definition) is 7. The Hall–Kier alpha value is -2.30. The summed E-state index contributed by atoms with van der Waals surface area (Å²) in [5.41, 5.74) is 0.757. The van der Waals surface area contributed by atoms with Crippen LogP contribution in [0.2, 0.25) is 0 Å². The summed E-state index contributed by atoms with van der Waals surface area (Å²) in [5, 5.41) is 2.90. The second-order valence-electron chi connectivity index (χ2n) is 7.01. The lowest BCUT2D eigenvalue weighted by Gasteiger charge is -2.22. The van der Waals surface area contributed by atoms with E-state index in [2.05, 4.69) is 10.3 Å². The Kier molecular flexibility index (Phi) is 9.15. The molecule has 170 valence electrons. The number of benzene rings is 1. The molecule has 1 heterocycles. The molecule has 1 aromatic heterocycles. The van der Waals surface area contributed by atoms with E-state index in [9.17, 15) is 18.0 Å². The molecule has 8 nitrogen and oxygen atoms in total. The van der Waals surface area contributed by atoms with Crippen LogP contribution in [0.15, 0.2) is 29.2 Å². The number of nitrogens with zero attached hydrogens (tertiary/aromatic N) is 2. The molecule has 0 spiro atoms. The van der Waals surface area contributed by atoms with E-state index in [0.717, 1.165) is 37.0 Å². The molecule has 0 aliphatic rings. The molecule has 2 aromatic rings. The van der Waals surface area contributed by atoms with E-state index < -0.39 is 21.9 Å². The number of ether oxygens (including phenoxy) is 1. The largest absolute Gasteiger partial charge is 0.465 e. The maximum absolute atomic E-state index is 13.0. The molecule has 0 aliphatic heterocycles. The van der Waals surface area contributed by atoms with Crippen LogP contribution < -0.4 is 5.32 Å². The van der Waals surface area contributed by atoms with Crippen LogP contribution in [-0.4, -0.2) is 49.8 Å². The molecular weight excluding hydrogens is 438 g/mol. The van der Waals surface area contributed by atoms with Crippen LogP contribution in [0.4, 0.5) is 5.13 Å². The van der Waals surface area contributed by atoms with E-state index in [4.69, 9.17) is 4.74 Å². The van der Waals surface area contributed by atoms with Gasteiger partial charge in [-0.25, -0.2) is 18.2 Å². The summed E-state index contributed by atoms with van der Waals surface area (Å²) in [6, 6.07) is 5.84. The maximum atomic E-state index is 13.0. The van der Waals surface area contributed by atoms with Crippen molar-refractivity contribution in [1.29, 1.82) is 0 Å². The predicted octanol–water partition coefficient (Wildman–Crippen LogP) is 4.08. The third-order valence-corrected chi connectivity index (χ3v) is 7.63. The van der Waals surface area contributed by atoms with Gasteiger partial charge in [-0.15, -0.1) is 0 Å². The SMILES string of the molecule is CCCCN(CCCC)S(=O)(=O)c1ccc(C(=O)Nc2nc(C)c(C(=O)OC)s2)cc1. The van der Waals surface area contributed by atoms with Crippen molar-refractivity contribution in [2.45, 2.75) is 51.3 Å². The van der Waals surface area contributed by atoms with Crippen LogP contribution in [0, 0.1) is 6.92 Å². The third-order valence-electron chi connectivity index (χ3n) is 4.66. The Balaban J connectivity index is 2.16. The first-order valence-corrected chi connectivity index (χ1v) is 12.5. The molecule has 0 bridgehead atoms. The number of unbranched alkanes of at least 4 members (excludes halogenated alkanes) is 2. The zero-order valence-corrected chi connectivity index (χ0v) is 19.9. The van der Waals surface area contributed by atoms with Crippen molar-refractivity contribution in [3.8, 4) is 0 Å². The summed E-state index contributed by atoms with van der Waals surface area (Å²) < 4.78 is 32.3. The summed E-state index contributed by atoms with van der Waals surface area (Å²) in [4.78, 5) is 28.9. The van der Waals surface area contributed by atoms with E-state index in [-0.39, 0.29) is 10.0 Å². The van der Waals surface area contributed by atoms with Crippen LogP contribution in [0.1, 0.15) is 65.3 Å². The Morgan fingerprint density at radius 3 is 2.19 bits per heavy atom. The number of amides is 1. The van der Waals surface area contributed by atoms with Crippen molar-refractivity contribution in [2.24, 2.45) is 0 Å². The number of nitrogens with one attached hydrogen (secondary N) is 1. The highest BCUT2D eigenvalue weighted by Crippen LogP contribution is 2.24. The van der Waals surface area contributed by atoms with Gasteiger partial charge in [0.1, 0.15) is 4.88 Å². The van der Waals surface area contributed by atoms with Gasteiger partial charge in [0.05, 0.1) is 17.7 Å². The number of hydrogen-bond donors (Lipinski definition) is 1. The fourth-order valence-corrected chi connectivity index (χ4v) is 5.25. The van der Waals surface area contributed by atoms with Crippen LogP contribution >= 0.6 is 11.3 Å². The quantitative estimate of drug-likeness (QED) is 0.499. The molecule has 1 aromatic carbocycles. The summed E-state index contributed by atoms with van der Waals surface area (Å²) >= 11 is 1.02. The summed E-state index contributed by atoms with van der Waals surface area (Å²) in [6.45, 7) is 6.66. The monoisotopic (exact) mass is 467 g/mol. The molecule has 1 amide bonds. The number of anilines is 1. The maximum Gasteiger partial charge on any atom is 0.350 e. The first-order chi connectivity index (χ1) is 14.7. The highest BCUT2D eigenvalue weighted by Gasteiger charge is 2.24. The van der Waals surface area contributed by atoms with Gasteiger partial charge in [-0.1, -0.05) is 38.0 Å². The first-order valence-electron chi connectivity index (χ1n) is 10.2. The van der Waals surface area contributed by atoms with Crippen molar-refractivity contribution in [3.05, 3.63) is 40.4 Å².